The van der Waals surface area contributed by atoms with Gasteiger partial charge in [-0.3, -0.25) is 9.59 Å². The van der Waals surface area contributed by atoms with Gasteiger partial charge in [-0.05, 0) is 38.0 Å². The van der Waals surface area contributed by atoms with Crippen LogP contribution in [0.15, 0.2) is 11.6 Å². The first-order chi connectivity index (χ1) is 13.4. The van der Waals surface area contributed by atoms with E-state index < -0.39 is 6.10 Å². The lowest BCUT2D eigenvalue weighted by Gasteiger charge is -2.61. The summed E-state index contributed by atoms with van der Waals surface area (Å²) in [7, 11) is 0. The predicted molar refractivity (Wildman–Crippen MR) is 111 cm³/mol. The highest BCUT2D eigenvalue weighted by Gasteiger charge is 2.64. The molecule has 0 amide bonds. The van der Waals surface area contributed by atoms with Crippen molar-refractivity contribution in [2.24, 2.45) is 28.1 Å². The van der Waals surface area contributed by atoms with Crippen molar-refractivity contribution in [1.29, 1.82) is 0 Å². The number of esters is 2. The summed E-state index contributed by atoms with van der Waals surface area (Å²) >= 11 is 0. The normalized spacial score (nSPS) is 46.8. The first-order valence-electron chi connectivity index (χ1n) is 11.2. The van der Waals surface area contributed by atoms with Crippen molar-refractivity contribution in [3.05, 3.63) is 11.6 Å². The van der Waals surface area contributed by atoms with Crippen molar-refractivity contribution in [1.82, 2.24) is 0 Å². The quantitative estimate of drug-likeness (QED) is 0.555. The van der Waals surface area contributed by atoms with E-state index >= 15 is 0 Å². The van der Waals surface area contributed by atoms with Crippen molar-refractivity contribution < 1.29 is 24.2 Å². The van der Waals surface area contributed by atoms with Gasteiger partial charge in [0.1, 0.15) is 12.2 Å². The standard InChI is InChI=1S/C24H38O5/c1-8-22(6)13-20(28-16(4)25)23(7)14(2)9-10-24(12-18(27)11-19(23)24)15(3)21(22)29-17(5)26/h11,14-15,18,20-21,27H,8-10,12-13H2,1-7H3/t14-,15+,18+,20-,21+,22-,23-,24+/m1/s1. The van der Waals surface area contributed by atoms with Gasteiger partial charge in [0.05, 0.1) is 6.10 Å². The Morgan fingerprint density at radius 1 is 1.14 bits per heavy atom. The largest absolute Gasteiger partial charge is 0.462 e. The molecular weight excluding hydrogens is 368 g/mol. The van der Waals surface area contributed by atoms with Crippen molar-refractivity contribution >= 4 is 11.9 Å². The third-order valence-electron chi connectivity index (χ3n) is 8.84. The number of carbonyl (C=O) groups excluding carboxylic acids is 2. The van der Waals surface area contributed by atoms with Crippen LogP contribution in [0, 0.1) is 28.1 Å². The summed E-state index contributed by atoms with van der Waals surface area (Å²) in [5.74, 6) is -0.159. The molecule has 0 radical (unpaired) electrons. The fourth-order valence-electron chi connectivity index (χ4n) is 6.82. The molecule has 1 N–H and O–H groups in total. The molecule has 0 heterocycles. The van der Waals surface area contributed by atoms with Crippen molar-refractivity contribution in [3.8, 4) is 0 Å². The topological polar surface area (TPSA) is 72.8 Å². The lowest BCUT2D eigenvalue weighted by molar-refractivity contribution is -0.187. The van der Waals surface area contributed by atoms with Gasteiger partial charge >= 0.3 is 11.9 Å². The first-order valence-corrected chi connectivity index (χ1v) is 11.2. The van der Waals surface area contributed by atoms with Gasteiger partial charge in [0, 0.05) is 36.0 Å². The van der Waals surface area contributed by atoms with E-state index in [1.165, 1.54) is 19.4 Å². The van der Waals surface area contributed by atoms with Crippen LogP contribution in [0.1, 0.15) is 80.6 Å². The Kier molecular flexibility index (Phi) is 5.70. The highest BCUT2D eigenvalue weighted by atomic mass is 16.6. The van der Waals surface area contributed by atoms with Gasteiger partial charge in [0.15, 0.2) is 0 Å². The molecule has 0 aliphatic heterocycles. The molecule has 3 aliphatic rings. The zero-order valence-electron chi connectivity index (χ0n) is 19.1. The minimum Gasteiger partial charge on any atom is -0.462 e. The van der Waals surface area contributed by atoms with Crippen LogP contribution in [-0.2, 0) is 19.1 Å². The van der Waals surface area contributed by atoms with Gasteiger partial charge in [-0.2, -0.15) is 0 Å². The number of hydrogen-bond donors (Lipinski definition) is 1. The van der Waals surface area contributed by atoms with Crippen LogP contribution in [0.3, 0.4) is 0 Å². The third-order valence-corrected chi connectivity index (χ3v) is 8.84. The van der Waals surface area contributed by atoms with E-state index in [0.29, 0.717) is 18.8 Å². The number of ether oxygens (including phenoxy) is 2. The second kappa shape index (κ2) is 7.40. The summed E-state index contributed by atoms with van der Waals surface area (Å²) < 4.78 is 12.0. The molecule has 29 heavy (non-hydrogen) atoms. The summed E-state index contributed by atoms with van der Waals surface area (Å²) in [5.41, 5.74) is 0.309. The van der Waals surface area contributed by atoms with Crippen LogP contribution in [0.25, 0.3) is 0 Å². The average molecular weight is 407 g/mol. The second-order valence-electron chi connectivity index (χ2n) is 10.4. The molecule has 8 atom stereocenters. The van der Waals surface area contributed by atoms with Gasteiger partial charge in [0.2, 0.25) is 0 Å². The fourth-order valence-corrected chi connectivity index (χ4v) is 6.82. The Balaban J connectivity index is 2.24. The average Bonchev–Trinajstić information content (AvgIpc) is 2.99. The lowest BCUT2D eigenvalue weighted by Crippen LogP contribution is -2.59. The maximum absolute atomic E-state index is 12.1. The molecule has 0 unspecified atom stereocenters. The Bertz CT molecular complexity index is 714. The van der Waals surface area contributed by atoms with Crippen molar-refractivity contribution in [2.45, 2.75) is 98.9 Å². The molecular formula is C24H38O5. The minimum absolute atomic E-state index is 0.0739. The maximum atomic E-state index is 12.1. The molecule has 2 saturated carbocycles. The smallest absolute Gasteiger partial charge is 0.302 e. The summed E-state index contributed by atoms with van der Waals surface area (Å²) in [4.78, 5) is 24.2. The van der Waals surface area contributed by atoms with Gasteiger partial charge in [-0.1, -0.05) is 46.3 Å². The first kappa shape index (κ1) is 22.3. The van der Waals surface area contributed by atoms with Gasteiger partial charge in [0.25, 0.3) is 0 Å². The Hall–Kier alpha value is -1.36. The SMILES string of the molecule is CC[C@]1(C)C[C@@H](OC(C)=O)[C@@]2(C)C3=C[C@H](O)C[C@@]3(CC[C@H]2C)[C@@H](C)[C@@H]1OC(C)=O. The molecule has 5 heteroatoms. The molecule has 164 valence electrons. The molecule has 0 aromatic rings. The molecule has 3 rings (SSSR count). The van der Waals surface area contributed by atoms with Crippen LogP contribution >= 0.6 is 0 Å². The summed E-state index contributed by atoms with van der Waals surface area (Å²) in [6.07, 6.45) is 4.94. The van der Waals surface area contributed by atoms with E-state index in [4.69, 9.17) is 9.47 Å². The molecule has 3 aliphatic carbocycles. The monoisotopic (exact) mass is 406 g/mol. The molecule has 2 bridgehead atoms. The summed E-state index contributed by atoms with van der Waals surface area (Å²) in [5, 5.41) is 10.7. The summed E-state index contributed by atoms with van der Waals surface area (Å²) in [6, 6.07) is 0. The number of rotatable bonds is 3. The second-order valence-corrected chi connectivity index (χ2v) is 10.4. The van der Waals surface area contributed by atoms with Crippen LogP contribution in [-0.4, -0.2) is 35.4 Å². The maximum Gasteiger partial charge on any atom is 0.302 e. The van der Waals surface area contributed by atoms with Crippen LogP contribution < -0.4 is 0 Å². The Morgan fingerprint density at radius 3 is 2.31 bits per heavy atom. The third kappa shape index (κ3) is 3.34. The number of aliphatic hydroxyl groups is 1. The van der Waals surface area contributed by atoms with Gasteiger partial charge < -0.3 is 14.6 Å². The van der Waals surface area contributed by atoms with E-state index in [1.54, 1.807) is 0 Å². The predicted octanol–water partition coefficient (Wildman–Crippen LogP) is 4.42. The molecule has 2 fully saturated rings. The highest BCUT2D eigenvalue weighted by molar-refractivity contribution is 5.67. The zero-order valence-corrected chi connectivity index (χ0v) is 19.1. The Labute approximate surface area is 175 Å². The van der Waals surface area contributed by atoms with Crippen molar-refractivity contribution in [2.75, 3.05) is 0 Å². The molecule has 0 aromatic heterocycles. The van der Waals surface area contributed by atoms with Crippen LogP contribution in [0.5, 0.6) is 0 Å². The minimum atomic E-state index is -0.515. The molecule has 0 spiro atoms. The Morgan fingerprint density at radius 2 is 1.76 bits per heavy atom. The zero-order chi connectivity index (χ0) is 21.8. The van der Waals surface area contributed by atoms with E-state index in [1.807, 2.05) is 6.08 Å². The van der Waals surface area contributed by atoms with Crippen LogP contribution in [0.4, 0.5) is 0 Å². The lowest BCUT2D eigenvalue weighted by atomic mass is 9.46. The number of aliphatic hydroxyl groups excluding tert-OH is 1. The highest BCUT2D eigenvalue weighted by Crippen LogP contribution is 2.67. The summed E-state index contributed by atoms with van der Waals surface area (Å²) in [6.45, 7) is 13.9. The van der Waals surface area contributed by atoms with E-state index in [2.05, 4.69) is 34.6 Å². The van der Waals surface area contributed by atoms with Crippen LogP contribution in [0.2, 0.25) is 0 Å². The molecule has 5 nitrogen and oxygen atoms in total. The van der Waals surface area contributed by atoms with E-state index in [-0.39, 0.29) is 46.3 Å². The van der Waals surface area contributed by atoms with Crippen molar-refractivity contribution in [3.63, 3.8) is 0 Å². The molecule has 0 aromatic carbocycles. The van der Waals surface area contributed by atoms with Gasteiger partial charge in [-0.15, -0.1) is 0 Å². The molecule has 0 saturated heterocycles. The fraction of sp³-hybridized carbons (Fsp3) is 0.833. The van der Waals surface area contributed by atoms with Gasteiger partial charge in [-0.25, -0.2) is 0 Å². The number of carbonyl (C=O) groups is 2. The number of hydrogen-bond acceptors (Lipinski definition) is 5. The van der Waals surface area contributed by atoms with E-state index in [9.17, 15) is 14.7 Å². The van der Waals surface area contributed by atoms with E-state index in [0.717, 1.165) is 19.3 Å².